The molecule has 0 spiro atoms. The van der Waals surface area contributed by atoms with Gasteiger partial charge in [0.25, 0.3) is 0 Å². The molecule has 0 aromatic heterocycles. The van der Waals surface area contributed by atoms with Crippen LogP contribution < -0.4 is 14.4 Å². The lowest BCUT2D eigenvalue weighted by atomic mass is 10.1. The van der Waals surface area contributed by atoms with E-state index in [0.717, 1.165) is 33.7 Å². The van der Waals surface area contributed by atoms with Crippen molar-refractivity contribution in [3.63, 3.8) is 0 Å². The molecule has 0 saturated heterocycles. The van der Waals surface area contributed by atoms with Crippen LogP contribution in [-0.2, 0) is 0 Å². The van der Waals surface area contributed by atoms with E-state index in [1.165, 1.54) is 0 Å². The maximum Gasteiger partial charge on any atom is 0.231 e. The van der Waals surface area contributed by atoms with Crippen LogP contribution in [0.3, 0.4) is 0 Å². The summed E-state index contributed by atoms with van der Waals surface area (Å²) in [5.41, 5.74) is 1.76. The van der Waals surface area contributed by atoms with Gasteiger partial charge in [0, 0.05) is 35.2 Å². The van der Waals surface area contributed by atoms with Crippen LogP contribution >= 0.6 is 11.8 Å². The number of hydrogen-bond acceptors (Lipinski definition) is 5. The fourth-order valence-electron chi connectivity index (χ4n) is 2.72. The van der Waals surface area contributed by atoms with Gasteiger partial charge in [-0.3, -0.25) is 4.79 Å². The maximum atomic E-state index is 12.4. The number of thioether (sulfide) groups is 1. The largest absolute Gasteiger partial charge is 0.454 e. The quantitative estimate of drug-likeness (QED) is 0.628. The Bertz CT molecular complexity index is 801. The van der Waals surface area contributed by atoms with Gasteiger partial charge in [-0.2, -0.15) is 0 Å². The number of rotatable bonds is 3. The van der Waals surface area contributed by atoms with Crippen LogP contribution in [0.15, 0.2) is 58.5 Å². The molecule has 0 fully saturated rings. The molecule has 116 valence electrons. The molecule has 4 rings (SSSR count). The minimum absolute atomic E-state index is 0.0133. The molecule has 5 heteroatoms. The number of allylic oxidation sites excluding steroid dienone is 1. The van der Waals surface area contributed by atoms with Crippen molar-refractivity contribution in [1.29, 1.82) is 0 Å². The van der Waals surface area contributed by atoms with Crippen LogP contribution in [0, 0.1) is 0 Å². The molecule has 0 saturated carbocycles. The number of hydrogen-bond donors (Lipinski definition) is 0. The van der Waals surface area contributed by atoms with Gasteiger partial charge in [-0.05, 0) is 6.92 Å². The Hall–Kier alpha value is -2.40. The van der Waals surface area contributed by atoms with Gasteiger partial charge in [-0.25, -0.2) is 0 Å². The van der Waals surface area contributed by atoms with Gasteiger partial charge in [0.1, 0.15) is 0 Å². The summed E-state index contributed by atoms with van der Waals surface area (Å²) in [5, 5.41) is 0.931. The third kappa shape index (κ3) is 2.47. The van der Waals surface area contributed by atoms with Crippen molar-refractivity contribution in [1.82, 2.24) is 0 Å². The number of carbonyl (C=O) groups is 1. The lowest BCUT2D eigenvalue weighted by Gasteiger charge is -2.18. The zero-order valence-electron chi connectivity index (χ0n) is 12.6. The van der Waals surface area contributed by atoms with Crippen molar-refractivity contribution >= 4 is 23.2 Å². The summed E-state index contributed by atoms with van der Waals surface area (Å²) in [6.07, 6.45) is 1.70. The fraction of sp³-hybridized carbons (Fsp3) is 0.167. The summed E-state index contributed by atoms with van der Waals surface area (Å²) in [5.74, 6) is 1.54. The van der Waals surface area contributed by atoms with Crippen LogP contribution in [0.1, 0.15) is 17.3 Å². The van der Waals surface area contributed by atoms with Gasteiger partial charge in [-0.15, -0.1) is 0 Å². The molecule has 0 aliphatic carbocycles. The summed E-state index contributed by atoms with van der Waals surface area (Å²) < 4.78 is 10.9. The van der Waals surface area contributed by atoms with E-state index >= 15 is 0 Å². The van der Waals surface area contributed by atoms with Gasteiger partial charge in [-0.1, -0.05) is 42.1 Å². The second-order valence-electron chi connectivity index (χ2n) is 5.23. The van der Waals surface area contributed by atoms with Crippen molar-refractivity contribution in [3.05, 3.63) is 59.1 Å². The second-order valence-corrected chi connectivity index (χ2v) is 6.29. The van der Waals surface area contributed by atoms with E-state index in [1.807, 2.05) is 42.5 Å². The lowest BCUT2D eigenvalue weighted by molar-refractivity contribution is 0.104. The van der Waals surface area contributed by atoms with E-state index in [1.54, 1.807) is 17.8 Å². The fourth-order valence-corrected chi connectivity index (χ4v) is 3.89. The van der Waals surface area contributed by atoms with Gasteiger partial charge in [0.05, 0.1) is 10.7 Å². The number of carbonyl (C=O) groups excluding carboxylic acids is 1. The summed E-state index contributed by atoms with van der Waals surface area (Å²) in [4.78, 5) is 15.7. The Balaban J connectivity index is 1.68. The van der Waals surface area contributed by atoms with Gasteiger partial charge in [0.2, 0.25) is 6.79 Å². The molecule has 0 bridgehead atoms. The second kappa shape index (κ2) is 5.66. The van der Waals surface area contributed by atoms with E-state index in [0.29, 0.717) is 5.56 Å². The highest BCUT2D eigenvalue weighted by atomic mass is 32.2. The van der Waals surface area contributed by atoms with Crippen molar-refractivity contribution in [3.8, 4) is 11.5 Å². The third-order valence-electron chi connectivity index (χ3n) is 3.85. The number of fused-ring (bicyclic) bond motifs is 2. The SMILES string of the molecule is CCN1/C(=C\C(=O)c2ccccc2)Sc2cc3c(cc21)OCO3. The molecule has 2 aliphatic rings. The van der Waals surface area contributed by atoms with Crippen molar-refractivity contribution in [2.75, 3.05) is 18.2 Å². The van der Waals surface area contributed by atoms with E-state index in [-0.39, 0.29) is 12.6 Å². The highest BCUT2D eigenvalue weighted by Crippen LogP contribution is 2.51. The molecule has 2 heterocycles. The van der Waals surface area contributed by atoms with Crippen LogP contribution in [0.2, 0.25) is 0 Å². The number of ether oxygens (including phenoxy) is 2. The highest BCUT2D eigenvalue weighted by molar-refractivity contribution is 8.03. The van der Waals surface area contributed by atoms with Crippen LogP contribution in [0.5, 0.6) is 11.5 Å². The summed E-state index contributed by atoms with van der Waals surface area (Å²) >= 11 is 1.59. The van der Waals surface area contributed by atoms with E-state index in [2.05, 4.69) is 11.8 Å². The van der Waals surface area contributed by atoms with Gasteiger partial charge >= 0.3 is 0 Å². The topological polar surface area (TPSA) is 38.8 Å². The van der Waals surface area contributed by atoms with Crippen molar-refractivity contribution in [2.45, 2.75) is 11.8 Å². The summed E-state index contributed by atoms with van der Waals surface area (Å²) in [7, 11) is 0. The first kappa shape index (κ1) is 14.2. The van der Waals surface area contributed by atoms with E-state index in [4.69, 9.17) is 9.47 Å². The van der Waals surface area contributed by atoms with Crippen molar-refractivity contribution < 1.29 is 14.3 Å². The third-order valence-corrected chi connectivity index (χ3v) is 4.95. The minimum atomic E-state index is 0.0133. The molecule has 4 nitrogen and oxygen atoms in total. The summed E-state index contributed by atoms with van der Waals surface area (Å²) in [6.45, 7) is 3.12. The van der Waals surface area contributed by atoms with Crippen LogP contribution in [0.25, 0.3) is 0 Å². The molecule has 0 amide bonds. The number of nitrogens with zero attached hydrogens (tertiary/aromatic N) is 1. The number of benzene rings is 2. The Labute approximate surface area is 138 Å². The standard InChI is InChI=1S/C18H15NO3S/c1-2-19-13-8-15-16(22-11-21-15)10-17(13)23-18(19)9-14(20)12-6-4-3-5-7-12/h3-10H,2,11H2,1H3/b18-9+. The molecule has 2 aromatic rings. The van der Waals surface area contributed by atoms with Crippen LogP contribution in [0.4, 0.5) is 5.69 Å². The molecule has 0 N–H and O–H groups in total. The monoisotopic (exact) mass is 325 g/mol. The number of anilines is 1. The Morgan fingerprint density at radius 1 is 1.22 bits per heavy atom. The van der Waals surface area contributed by atoms with E-state index < -0.39 is 0 Å². The van der Waals surface area contributed by atoms with E-state index in [9.17, 15) is 4.79 Å². The first-order chi connectivity index (χ1) is 11.3. The van der Waals surface area contributed by atoms with Crippen LogP contribution in [-0.4, -0.2) is 19.1 Å². The highest BCUT2D eigenvalue weighted by Gasteiger charge is 2.28. The molecular formula is C18H15NO3S. The zero-order valence-corrected chi connectivity index (χ0v) is 13.4. The molecular weight excluding hydrogens is 310 g/mol. The summed E-state index contributed by atoms with van der Waals surface area (Å²) in [6, 6.07) is 13.3. The lowest BCUT2D eigenvalue weighted by Crippen LogP contribution is -2.17. The minimum Gasteiger partial charge on any atom is -0.454 e. The van der Waals surface area contributed by atoms with Gasteiger partial charge < -0.3 is 14.4 Å². The first-order valence-electron chi connectivity index (χ1n) is 7.46. The predicted octanol–water partition coefficient (Wildman–Crippen LogP) is 4.07. The molecule has 0 unspecified atom stereocenters. The zero-order chi connectivity index (χ0) is 15.8. The smallest absolute Gasteiger partial charge is 0.231 e. The van der Waals surface area contributed by atoms with Gasteiger partial charge in [0.15, 0.2) is 17.3 Å². The maximum absolute atomic E-state index is 12.4. The average Bonchev–Trinajstić information content (AvgIpc) is 3.16. The number of ketones is 1. The molecule has 23 heavy (non-hydrogen) atoms. The Kier molecular flexibility index (Phi) is 3.50. The molecule has 2 aliphatic heterocycles. The van der Waals surface area contributed by atoms with Crippen molar-refractivity contribution in [2.24, 2.45) is 0 Å². The first-order valence-corrected chi connectivity index (χ1v) is 8.28. The normalized spacial score (nSPS) is 16.7. The average molecular weight is 325 g/mol. The predicted molar refractivity (Wildman–Crippen MR) is 90.3 cm³/mol. The molecule has 0 atom stereocenters. The molecule has 0 radical (unpaired) electrons. The Morgan fingerprint density at radius 3 is 2.70 bits per heavy atom. The Morgan fingerprint density at radius 2 is 1.96 bits per heavy atom. The molecule has 2 aromatic carbocycles.